The van der Waals surface area contributed by atoms with Gasteiger partial charge in [0.05, 0.1) is 0 Å². The molecule has 0 heterocycles. The van der Waals surface area contributed by atoms with E-state index in [0.717, 1.165) is 12.8 Å². The normalized spacial score (nSPS) is 21.6. The van der Waals surface area contributed by atoms with E-state index in [1.807, 2.05) is 0 Å². The van der Waals surface area contributed by atoms with Crippen LogP contribution in [0.1, 0.15) is 25.7 Å². The molecule has 1 nitrogen and oxygen atoms in total. The highest BCUT2D eigenvalue weighted by atomic mass is 16.1. The minimum absolute atomic E-state index is 0.141. The first kappa shape index (κ1) is 5.80. The molecule has 1 heteroatoms. The average molecular weight is 111 g/mol. The molecule has 0 atom stereocenters. The molecular formula is C7H11O. The molecule has 0 aliphatic heterocycles. The lowest BCUT2D eigenvalue weighted by atomic mass is 10.0. The smallest absolute Gasteiger partial charge is 0.136 e. The Morgan fingerprint density at radius 1 is 1.38 bits per heavy atom. The molecule has 0 aromatic heterocycles. The summed E-state index contributed by atoms with van der Waals surface area (Å²) in [6.45, 7) is 3.38. The second-order valence-corrected chi connectivity index (χ2v) is 2.45. The summed E-state index contributed by atoms with van der Waals surface area (Å²) in [6.07, 6.45) is 4.63. The highest BCUT2D eigenvalue weighted by Gasteiger charge is 2.18. The Balaban J connectivity index is 2.35. The first-order chi connectivity index (χ1) is 3.80. The lowest BCUT2D eigenvalue weighted by Crippen LogP contribution is -2.04. The van der Waals surface area contributed by atoms with E-state index in [4.69, 9.17) is 0 Å². The SMILES string of the molecule is [CH2]C(=O)C1CCCC1. The van der Waals surface area contributed by atoms with Gasteiger partial charge < -0.3 is 0 Å². The predicted molar refractivity (Wildman–Crippen MR) is 32.3 cm³/mol. The van der Waals surface area contributed by atoms with Crippen LogP contribution in [0.3, 0.4) is 0 Å². The molecule has 0 aromatic carbocycles. The summed E-state index contributed by atoms with van der Waals surface area (Å²) >= 11 is 0. The third kappa shape index (κ3) is 1.09. The third-order valence-electron chi connectivity index (χ3n) is 1.81. The van der Waals surface area contributed by atoms with Crippen molar-refractivity contribution in [2.45, 2.75) is 25.7 Å². The summed E-state index contributed by atoms with van der Waals surface area (Å²) in [5.74, 6) is 0.456. The van der Waals surface area contributed by atoms with Crippen LogP contribution in [0.15, 0.2) is 0 Å². The zero-order chi connectivity index (χ0) is 5.98. The van der Waals surface area contributed by atoms with Gasteiger partial charge in [0.2, 0.25) is 0 Å². The van der Waals surface area contributed by atoms with Gasteiger partial charge in [-0.3, -0.25) is 4.79 Å². The van der Waals surface area contributed by atoms with E-state index in [2.05, 4.69) is 6.92 Å². The topological polar surface area (TPSA) is 17.1 Å². The van der Waals surface area contributed by atoms with Gasteiger partial charge >= 0.3 is 0 Å². The molecular weight excluding hydrogens is 100 g/mol. The van der Waals surface area contributed by atoms with Gasteiger partial charge in [-0.2, -0.15) is 0 Å². The van der Waals surface area contributed by atoms with Crippen LogP contribution >= 0.6 is 0 Å². The van der Waals surface area contributed by atoms with Gasteiger partial charge in [-0.25, -0.2) is 0 Å². The fourth-order valence-corrected chi connectivity index (χ4v) is 1.25. The summed E-state index contributed by atoms with van der Waals surface area (Å²) in [5, 5.41) is 0. The maximum absolute atomic E-state index is 10.5. The molecule has 1 fully saturated rings. The van der Waals surface area contributed by atoms with E-state index in [0.29, 0.717) is 5.92 Å². The average Bonchev–Trinajstić information content (AvgIpc) is 2.12. The van der Waals surface area contributed by atoms with Gasteiger partial charge in [-0.05, 0) is 12.8 Å². The molecule has 8 heavy (non-hydrogen) atoms. The van der Waals surface area contributed by atoms with Crippen molar-refractivity contribution in [3.05, 3.63) is 6.92 Å². The lowest BCUT2D eigenvalue weighted by molar-refractivity contribution is -0.118. The molecule has 0 amide bonds. The zero-order valence-corrected chi connectivity index (χ0v) is 5.02. The molecule has 0 bridgehead atoms. The number of rotatable bonds is 1. The Hall–Kier alpha value is -0.330. The molecule has 0 aromatic rings. The Morgan fingerprint density at radius 3 is 2.12 bits per heavy atom. The quantitative estimate of drug-likeness (QED) is 0.502. The fourth-order valence-electron chi connectivity index (χ4n) is 1.25. The van der Waals surface area contributed by atoms with Crippen molar-refractivity contribution >= 4 is 5.78 Å². The van der Waals surface area contributed by atoms with Gasteiger partial charge in [-0.15, -0.1) is 0 Å². The maximum atomic E-state index is 10.5. The largest absolute Gasteiger partial charge is 0.299 e. The van der Waals surface area contributed by atoms with E-state index in [9.17, 15) is 4.79 Å². The van der Waals surface area contributed by atoms with Gasteiger partial charge in [0, 0.05) is 12.8 Å². The molecule has 0 unspecified atom stereocenters. The van der Waals surface area contributed by atoms with Crippen LogP contribution in [0.4, 0.5) is 0 Å². The Kier molecular flexibility index (Phi) is 1.66. The van der Waals surface area contributed by atoms with Crippen LogP contribution < -0.4 is 0 Å². The van der Waals surface area contributed by atoms with Crippen LogP contribution in [0.2, 0.25) is 0 Å². The van der Waals surface area contributed by atoms with Crippen LogP contribution in [-0.2, 0) is 4.79 Å². The van der Waals surface area contributed by atoms with E-state index in [1.165, 1.54) is 12.8 Å². The number of ketones is 1. The fraction of sp³-hybridized carbons (Fsp3) is 0.714. The van der Waals surface area contributed by atoms with Crippen molar-refractivity contribution in [2.24, 2.45) is 5.92 Å². The second kappa shape index (κ2) is 2.29. The Morgan fingerprint density at radius 2 is 1.88 bits per heavy atom. The molecule has 1 aliphatic rings. The molecule has 45 valence electrons. The number of hydrogen-bond donors (Lipinski definition) is 0. The van der Waals surface area contributed by atoms with E-state index in [-0.39, 0.29) is 5.78 Å². The van der Waals surface area contributed by atoms with Crippen molar-refractivity contribution in [3.63, 3.8) is 0 Å². The van der Waals surface area contributed by atoms with E-state index in [1.54, 1.807) is 0 Å². The highest BCUT2D eigenvalue weighted by molar-refractivity contribution is 5.85. The maximum Gasteiger partial charge on any atom is 0.136 e. The van der Waals surface area contributed by atoms with Gasteiger partial charge in [-0.1, -0.05) is 12.8 Å². The Labute approximate surface area is 50.1 Å². The van der Waals surface area contributed by atoms with Crippen molar-refractivity contribution in [3.8, 4) is 0 Å². The monoisotopic (exact) mass is 111 g/mol. The van der Waals surface area contributed by atoms with Crippen molar-refractivity contribution in [1.29, 1.82) is 0 Å². The van der Waals surface area contributed by atoms with Crippen LogP contribution in [0.25, 0.3) is 0 Å². The zero-order valence-electron chi connectivity index (χ0n) is 5.02. The summed E-state index contributed by atoms with van der Waals surface area (Å²) in [6, 6.07) is 0. The van der Waals surface area contributed by atoms with Crippen molar-refractivity contribution < 1.29 is 4.79 Å². The standard InChI is InChI=1S/C7H11O/c1-6(8)7-4-2-3-5-7/h7H,1-5H2. The van der Waals surface area contributed by atoms with Gasteiger partial charge in [0.1, 0.15) is 5.78 Å². The van der Waals surface area contributed by atoms with E-state index >= 15 is 0 Å². The molecule has 0 N–H and O–H groups in total. The molecule has 0 spiro atoms. The number of hydrogen-bond acceptors (Lipinski definition) is 1. The van der Waals surface area contributed by atoms with Crippen LogP contribution in [-0.4, -0.2) is 5.78 Å². The minimum Gasteiger partial charge on any atom is -0.299 e. The number of Topliss-reactive ketones (excluding diaryl/α,β-unsaturated/α-hetero) is 1. The number of carbonyl (C=O) groups excluding carboxylic acids is 1. The lowest BCUT2D eigenvalue weighted by Gasteiger charge is -1.98. The third-order valence-corrected chi connectivity index (χ3v) is 1.81. The van der Waals surface area contributed by atoms with Gasteiger partial charge in [0.15, 0.2) is 0 Å². The highest BCUT2D eigenvalue weighted by Crippen LogP contribution is 2.24. The summed E-state index contributed by atoms with van der Waals surface area (Å²) in [5.41, 5.74) is 0. The van der Waals surface area contributed by atoms with Crippen LogP contribution in [0.5, 0.6) is 0 Å². The van der Waals surface area contributed by atoms with Gasteiger partial charge in [0.25, 0.3) is 0 Å². The molecule has 1 rings (SSSR count). The van der Waals surface area contributed by atoms with Crippen molar-refractivity contribution in [1.82, 2.24) is 0 Å². The summed E-state index contributed by atoms with van der Waals surface area (Å²) < 4.78 is 0. The molecule has 0 saturated heterocycles. The molecule has 1 aliphatic carbocycles. The van der Waals surface area contributed by atoms with Crippen LogP contribution in [0, 0.1) is 12.8 Å². The summed E-state index contributed by atoms with van der Waals surface area (Å²) in [7, 11) is 0. The number of carbonyl (C=O) groups is 1. The van der Waals surface area contributed by atoms with E-state index < -0.39 is 0 Å². The Bertz CT molecular complexity index is 90.6. The first-order valence-corrected chi connectivity index (χ1v) is 3.16. The summed E-state index contributed by atoms with van der Waals surface area (Å²) in [4.78, 5) is 10.5. The minimum atomic E-state index is 0.141. The second-order valence-electron chi connectivity index (χ2n) is 2.45. The first-order valence-electron chi connectivity index (χ1n) is 3.16. The molecule has 1 saturated carbocycles. The molecule has 1 radical (unpaired) electrons. The predicted octanol–water partition coefficient (Wildman–Crippen LogP) is 1.58. The van der Waals surface area contributed by atoms with Crippen molar-refractivity contribution in [2.75, 3.05) is 0 Å².